The van der Waals surface area contributed by atoms with Crippen LogP contribution in [0.4, 0.5) is 0 Å². The number of furan rings is 1. The quantitative estimate of drug-likeness (QED) is 0.189. The summed E-state index contributed by atoms with van der Waals surface area (Å²) < 4.78 is 7.52. The maximum absolute atomic E-state index is 6.43. The fourth-order valence-electron chi connectivity index (χ4n) is 6.16. The van der Waals surface area contributed by atoms with Crippen molar-refractivity contribution in [3.63, 3.8) is 0 Å². The molecule has 1 atom stereocenters. The Morgan fingerprint density at radius 3 is 2.25 bits per heavy atom. The van der Waals surface area contributed by atoms with Gasteiger partial charge in [0.15, 0.2) is 0 Å². The Bertz CT molecular complexity index is 1900. The SMILES string of the molecule is Brc1ccc2c(c1)C=Cc1ccccc1C21c2ccccc2Sc2cc3c(cc21)oc1ccccc13. The van der Waals surface area contributed by atoms with Crippen LogP contribution in [0.5, 0.6) is 0 Å². The highest BCUT2D eigenvalue weighted by molar-refractivity contribution is 9.10. The average molecular weight is 543 g/mol. The smallest absolute Gasteiger partial charge is 0.135 e. The molecule has 1 aliphatic heterocycles. The van der Waals surface area contributed by atoms with Crippen LogP contribution in [-0.2, 0) is 5.41 Å². The molecule has 0 saturated heterocycles. The predicted molar refractivity (Wildman–Crippen MR) is 153 cm³/mol. The number of halogens is 1. The lowest BCUT2D eigenvalue weighted by Gasteiger charge is -2.42. The number of benzene rings is 5. The summed E-state index contributed by atoms with van der Waals surface area (Å²) in [6.07, 6.45) is 4.52. The topological polar surface area (TPSA) is 13.1 Å². The van der Waals surface area contributed by atoms with Gasteiger partial charge in [0.05, 0.1) is 5.41 Å². The maximum atomic E-state index is 6.43. The Kier molecular flexibility index (Phi) is 4.29. The van der Waals surface area contributed by atoms with Gasteiger partial charge in [-0.25, -0.2) is 0 Å². The number of hydrogen-bond donors (Lipinski definition) is 0. The van der Waals surface area contributed by atoms with E-state index in [4.69, 9.17) is 4.42 Å². The minimum atomic E-state index is -0.472. The van der Waals surface area contributed by atoms with Crippen LogP contribution in [0.1, 0.15) is 33.4 Å². The second-order valence-electron chi connectivity index (χ2n) is 9.44. The van der Waals surface area contributed by atoms with Crippen LogP contribution in [0.15, 0.2) is 122 Å². The minimum absolute atomic E-state index is 0.472. The third kappa shape index (κ3) is 2.67. The summed E-state index contributed by atoms with van der Waals surface area (Å²) in [6, 6.07) is 37.4. The molecule has 3 heteroatoms. The normalized spacial score (nSPS) is 17.5. The molecule has 8 rings (SSSR count). The first-order valence-corrected chi connectivity index (χ1v) is 13.7. The van der Waals surface area contributed by atoms with E-state index in [0.29, 0.717) is 0 Å². The highest BCUT2D eigenvalue weighted by Gasteiger charge is 2.47. The first-order chi connectivity index (χ1) is 17.7. The number of fused-ring (bicyclic) bond motifs is 11. The Hall–Kier alpha value is -3.53. The Balaban J connectivity index is 1.60. The monoisotopic (exact) mass is 542 g/mol. The third-order valence-electron chi connectivity index (χ3n) is 7.62. The molecule has 0 fully saturated rings. The van der Waals surface area contributed by atoms with E-state index >= 15 is 0 Å². The zero-order valence-electron chi connectivity index (χ0n) is 19.2. The minimum Gasteiger partial charge on any atom is -0.456 e. The van der Waals surface area contributed by atoms with Gasteiger partial charge in [0.25, 0.3) is 0 Å². The summed E-state index contributed by atoms with van der Waals surface area (Å²) in [5.74, 6) is 0. The molecule has 0 radical (unpaired) electrons. The first-order valence-electron chi connectivity index (χ1n) is 12.0. The Morgan fingerprint density at radius 2 is 1.31 bits per heavy atom. The molecule has 1 aromatic heterocycles. The molecular weight excluding hydrogens is 524 g/mol. The highest BCUT2D eigenvalue weighted by Crippen LogP contribution is 2.59. The van der Waals surface area contributed by atoms with Crippen molar-refractivity contribution < 1.29 is 4.42 Å². The van der Waals surface area contributed by atoms with E-state index in [2.05, 4.69) is 125 Å². The summed E-state index contributed by atoms with van der Waals surface area (Å²) in [5.41, 5.74) is 9.03. The van der Waals surface area contributed by atoms with Gasteiger partial charge in [-0.2, -0.15) is 0 Å². The molecule has 1 unspecified atom stereocenters. The van der Waals surface area contributed by atoms with Gasteiger partial charge in [0.2, 0.25) is 0 Å². The fraction of sp³-hybridized carbons (Fsp3) is 0.0303. The van der Waals surface area contributed by atoms with Crippen LogP contribution in [-0.4, -0.2) is 0 Å². The summed E-state index contributed by atoms with van der Waals surface area (Å²) in [6.45, 7) is 0. The highest BCUT2D eigenvalue weighted by atomic mass is 79.9. The number of rotatable bonds is 0. The molecule has 1 nitrogen and oxygen atoms in total. The van der Waals surface area contributed by atoms with Crippen molar-refractivity contribution in [2.24, 2.45) is 0 Å². The summed E-state index contributed by atoms with van der Waals surface area (Å²) in [5, 5.41) is 2.33. The van der Waals surface area contributed by atoms with E-state index in [0.717, 1.165) is 21.0 Å². The zero-order chi connectivity index (χ0) is 23.9. The van der Waals surface area contributed by atoms with Crippen molar-refractivity contribution in [2.45, 2.75) is 15.2 Å². The summed E-state index contributed by atoms with van der Waals surface area (Å²) >= 11 is 5.59. The van der Waals surface area contributed by atoms with E-state index in [-0.39, 0.29) is 0 Å². The molecule has 1 aliphatic carbocycles. The second kappa shape index (κ2) is 7.49. The summed E-state index contributed by atoms with van der Waals surface area (Å²) in [7, 11) is 0. The lowest BCUT2D eigenvalue weighted by molar-refractivity contribution is 0.659. The zero-order valence-corrected chi connectivity index (χ0v) is 21.6. The van der Waals surface area contributed by atoms with Gasteiger partial charge in [-0.15, -0.1) is 0 Å². The Morgan fingerprint density at radius 1 is 0.556 bits per heavy atom. The van der Waals surface area contributed by atoms with Crippen LogP contribution < -0.4 is 0 Å². The summed E-state index contributed by atoms with van der Waals surface area (Å²) in [4.78, 5) is 2.57. The van der Waals surface area contributed by atoms with Crippen molar-refractivity contribution >= 4 is 61.8 Å². The first kappa shape index (κ1) is 20.6. The van der Waals surface area contributed by atoms with E-state index in [9.17, 15) is 0 Å². The molecule has 2 aliphatic rings. The van der Waals surface area contributed by atoms with E-state index in [1.165, 1.54) is 48.6 Å². The van der Waals surface area contributed by atoms with Crippen molar-refractivity contribution in [3.05, 3.63) is 141 Å². The Labute approximate surface area is 221 Å². The maximum Gasteiger partial charge on any atom is 0.135 e. The number of para-hydroxylation sites is 1. The average Bonchev–Trinajstić information content (AvgIpc) is 3.20. The van der Waals surface area contributed by atoms with Gasteiger partial charge in [-0.05, 0) is 69.8 Å². The van der Waals surface area contributed by atoms with Crippen molar-refractivity contribution in [1.29, 1.82) is 0 Å². The van der Waals surface area contributed by atoms with Gasteiger partial charge in [-0.3, -0.25) is 0 Å². The molecular formula is C33H19BrOS. The third-order valence-corrected chi connectivity index (χ3v) is 9.25. The molecule has 0 saturated carbocycles. The predicted octanol–water partition coefficient (Wildman–Crippen LogP) is 9.68. The van der Waals surface area contributed by atoms with Crippen molar-refractivity contribution in [2.75, 3.05) is 0 Å². The molecule has 0 bridgehead atoms. The molecule has 0 N–H and O–H groups in total. The largest absolute Gasteiger partial charge is 0.456 e. The molecule has 5 aromatic carbocycles. The lowest BCUT2D eigenvalue weighted by Crippen LogP contribution is -2.35. The van der Waals surface area contributed by atoms with Gasteiger partial charge in [0, 0.05) is 25.0 Å². The van der Waals surface area contributed by atoms with E-state index < -0.39 is 5.41 Å². The van der Waals surface area contributed by atoms with Crippen molar-refractivity contribution in [3.8, 4) is 0 Å². The van der Waals surface area contributed by atoms with Gasteiger partial charge in [-0.1, -0.05) is 107 Å². The molecule has 0 amide bonds. The van der Waals surface area contributed by atoms with Crippen LogP contribution in [0.25, 0.3) is 34.1 Å². The van der Waals surface area contributed by atoms with Crippen LogP contribution in [0.3, 0.4) is 0 Å². The molecule has 6 aromatic rings. The van der Waals surface area contributed by atoms with E-state index in [1.807, 2.05) is 17.8 Å². The van der Waals surface area contributed by atoms with Gasteiger partial charge >= 0.3 is 0 Å². The number of hydrogen-bond acceptors (Lipinski definition) is 2. The van der Waals surface area contributed by atoms with E-state index in [1.54, 1.807) is 0 Å². The van der Waals surface area contributed by atoms with Crippen LogP contribution in [0, 0.1) is 0 Å². The van der Waals surface area contributed by atoms with Gasteiger partial charge in [0.1, 0.15) is 11.2 Å². The lowest BCUT2D eigenvalue weighted by atomic mass is 9.63. The molecule has 36 heavy (non-hydrogen) atoms. The fourth-order valence-corrected chi connectivity index (χ4v) is 7.75. The molecule has 1 spiro atoms. The van der Waals surface area contributed by atoms with Crippen LogP contribution >= 0.6 is 27.7 Å². The standard InChI is InChI=1S/C33H19BrOS/c34-22-15-16-26-21(17-22)14-13-20-7-1-3-9-25(20)33(26)27-10-4-6-12-31(27)36-32-18-24-23-8-2-5-11-29(23)35-30(24)19-28(32)33/h1-19H. The van der Waals surface area contributed by atoms with Crippen molar-refractivity contribution in [1.82, 2.24) is 0 Å². The molecule has 170 valence electrons. The van der Waals surface area contributed by atoms with Gasteiger partial charge < -0.3 is 4.42 Å². The molecule has 2 heterocycles. The van der Waals surface area contributed by atoms with Crippen LogP contribution in [0.2, 0.25) is 0 Å². The second-order valence-corrected chi connectivity index (χ2v) is 11.4.